The van der Waals surface area contributed by atoms with Crippen LogP contribution >= 0.6 is 12.2 Å². The number of thiocarbonyl (C=S) groups is 1. The van der Waals surface area contributed by atoms with Crippen molar-refractivity contribution in [3.05, 3.63) is 29.6 Å². The minimum atomic E-state index is -0.317. The molecule has 0 amide bonds. The lowest BCUT2D eigenvalue weighted by molar-refractivity contribution is 0.273. The normalized spacial score (nSPS) is 23.4. The van der Waals surface area contributed by atoms with Crippen molar-refractivity contribution in [2.45, 2.75) is 25.3 Å². The topological polar surface area (TPSA) is 32.5 Å². The molecule has 1 aromatic rings. The Hall–Kier alpha value is -1.20. The third kappa shape index (κ3) is 2.52. The van der Waals surface area contributed by atoms with Crippen LogP contribution < -0.4 is 10.6 Å². The largest absolute Gasteiger partial charge is 0.389 e. The van der Waals surface area contributed by atoms with Gasteiger partial charge in [-0.2, -0.15) is 0 Å². The number of rotatable bonds is 2. The van der Waals surface area contributed by atoms with E-state index in [1.54, 1.807) is 6.07 Å². The molecule has 0 spiro atoms. The zero-order valence-electron chi connectivity index (χ0n) is 11.5. The number of anilines is 1. The van der Waals surface area contributed by atoms with Gasteiger partial charge < -0.3 is 10.6 Å². The predicted molar refractivity (Wildman–Crippen MR) is 83.7 cm³/mol. The Kier molecular flexibility index (Phi) is 3.89. The predicted octanol–water partition coefficient (Wildman–Crippen LogP) is 2.13. The third-order valence-electron chi connectivity index (χ3n) is 4.38. The summed E-state index contributed by atoms with van der Waals surface area (Å²) in [5, 5.41) is 0. The Labute approximate surface area is 124 Å². The molecule has 3 rings (SSSR count). The first kappa shape index (κ1) is 13.8. The highest BCUT2D eigenvalue weighted by Crippen LogP contribution is 2.28. The van der Waals surface area contributed by atoms with Gasteiger partial charge in [0.05, 0.1) is 5.56 Å². The van der Waals surface area contributed by atoms with E-state index in [4.69, 9.17) is 18.0 Å². The summed E-state index contributed by atoms with van der Waals surface area (Å²) < 4.78 is 14.0. The zero-order chi connectivity index (χ0) is 14.1. The lowest BCUT2D eigenvalue weighted by Crippen LogP contribution is -2.37. The summed E-state index contributed by atoms with van der Waals surface area (Å²) in [4.78, 5) is 4.96. The standard InChI is InChI=1S/C15H20FN3S/c16-12-5-1-6-13(14(12)15(17)20)19-9-3-8-18-7-2-4-11(18)10-19/h1,5-6,11H,2-4,7-10H2,(H2,17,20). The van der Waals surface area contributed by atoms with Crippen LogP contribution in [0.5, 0.6) is 0 Å². The van der Waals surface area contributed by atoms with Crippen LogP contribution in [0, 0.1) is 5.82 Å². The summed E-state index contributed by atoms with van der Waals surface area (Å²) in [6.07, 6.45) is 3.60. The van der Waals surface area contributed by atoms with Crippen molar-refractivity contribution in [3.8, 4) is 0 Å². The fourth-order valence-electron chi connectivity index (χ4n) is 3.45. The summed E-state index contributed by atoms with van der Waals surface area (Å²) in [5.74, 6) is -0.317. The van der Waals surface area contributed by atoms with Gasteiger partial charge in [-0.25, -0.2) is 4.39 Å². The van der Waals surface area contributed by atoms with E-state index in [1.165, 1.54) is 25.5 Å². The number of hydrogen-bond acceptors (Lipinski definition) is 3. The van der Waals surface area contributed by atoms with E-state index < -0.39 is 0 Å². The Morgan fingerprint density at radius 3 is 2.85 bits per heavy atom. The summed E-state index contributed by atoms with van der Waals surface area (Å²) in [5.41, 5.74) is 6.97. The van der Waals surface area contributed by atoms with Crippen molar-refractivity contribution in [1.29, 1.82) is 0 Å². The molecule has 5 heteroatoms. The number of nitrogens with two attached hydrogens (primary N) is 1. The molecule has 0 bridgehead atoms. The maximum absolute atomic E-state index is 14.0. The van der Waals surface area contributed by atoms with Crippen molar-refractivity contribution in [2.24, 2.45) is 5.73 Å². The van der Waals surface area contributed by atoms with Gasteiger partial charge in [0.15, 0.2) is 0 Å². The van der Waals surface area contributed by atoms with Crippen LogP contribution in [0.1, 0.15) is 24.8 Å². The Morgan fingerprint density at radius 2 is 2.05 bits per heavy atom. The SMILES string of the molecule is NC(=S)c1c(F)cccc1N1CCCN2CCCC2C1. The van der Waals surface area contributed by atoms with E-state index in [1.807, 2.05) is 6.07 Å². The summed E-state index contributed by atoms with van der Waals surface area (Å²) in [6, 6.07) is 5.68. The van der Waals surface area contributed by atoms with Crippen molar-refractivity contribution >= 4 is 22.9 Å². The Balaban J connectivity index is 1.92. The maximum atomic E-state index is 14.0. The second-order valence-corrected chi connectivity index (χ2v) is 6.07. The van der Waals surface area contributed by atoms with Gasteiger partial charge in [0, 0.05) is 31.4 Å². The molecule has 20 heavy (non-hydrogen) atoms. The quantitative estimate of drug-likeness (QED) is 0.847. The Morgan fingerprint density at radius 1 is 1.25 bits per heavy atom. The molecule has 2 saturated heterocycles. The van der Waals surface area contributed by atoms with Gasteiger partial charge >= 0.3 is 0 Å². The van der Waals surface area contributed by atoms with Gasteiger partial charge in [0.2, 0.25) is 0 Å². The van der Waals surface area contributed by atoms with E-state index in [0.29, 0.717) is 11.6 Å². The molecule has 1 aromatic carbocycles. The van der Waals surface area contributed by atoms with Crippen LogP contribution in [0.15, 0.2) is 18.2 Å². The van der Waals surface area contributed by atoms with E-state index in [9.17, 15) is 4.39 Å². The minimum Gasteiger partial charge on any atom is -0.389 e. The molecule has 2 aliphatic rings. The number of hydrogen-bond donors (Lipinski definition) is 1. The van der Waals surface area contributed by atoms with E-state index in [-0.39, 0.29) is 10.8 Å². The highest BCUT2D eigenvalue weighted by atomic mass is 32.1. The number of halogens is 1. The van der Waals surface area contributed by atoms with Gasteiger partial charge in [-0.15, -0.1) is 0 Å². The van der Waals surface area contributed by atoms with Crippen LogP contribution in [-0.2, 0) is 0 Å². The van der Waals surface area contributed by atoms with Crippen LogP contribution in [0.3, 0.4) is 0 Å². The van der Waals surface area contributed by atoms with E-state index >= 15 is 0 Å². The number of nitrogens with zero attached hydrogens (tertiary/aromatic N) is 2. The van der Waals surface area contributed by atoms with Gasteiger partial charge in [0.1, 0.15) is 10.8 Å². The van der Waals surface area contributed by atoms with Crippen molar-refractivity contribution in [1.82, 2.24) is 4.90 Å². The summed E-state index contributed by atoms with van der Waals surface area (Å²) >= 11 is 5.03. The molecule has 1 unspecified atom stereocenters. The molecule has 0 aromatic heterocycles. The molecule has 0 aliphatic carbocycles. The molecule has 3 nitrogen and oxygen atoms in total. The third-order valence-corrected chi connectivity index (χ3v) is 4.59. The fraction of sp³-hybridized carbons (Fsp3) is 0.533. The molecule has 0 radical (unpaired) electrons. The first-order chi connectivity index (χ1) is 9.66. The molecule has 2 heterocycles. The van der Waals surface area contributed by atoms with Crippen molar-refractivity contribution < 1.29 is 4.39 Å². The average molecular weight is 293 g/mol. The number of fused-ring (bicyclic) bond motifs is 1. The van der Waals surface area contributed by atoms with E-state index in [2.05, 4.69) is 9.80 Å². The molecule has 1 atom stereocenters. The lowest BCUT2D eigenvalue weighted by atomic mass is 10.1. The average Bonchev–Trinajstić information content (AvgIpc) is 2.75. The van der Waals surface area contributed by atoms with Crippen molar-refractivity contribution in [2.75, 3.05) is 31.1 Å². The highest BCUT2D eigenvalue weighted by molar-refractivity contribution is 7.80. The number of benzene rings is 1. The molecule has 0 saturated carbocycles. The summed E-state index contributed by atoms with van der Waals surface area (Å²) in [6.45, 7) is 4.22. The smallest absolute Gasteiger partial charge is 0.135 e. The van der Waals surface area contributed by atoms with E-state index in [0.717, 1.165) is 31.7 Å². The van der Waals surface area contributed by atoms with Crippen LogP contribution in [0.25, 0.3) is 0 Å². The molecule has 2 aliphatic heterocycles. The molecule has 2 fully saturated rings. The van der Waals surface area contributed by atoms with Gasteiger partial charge in [-0.1, -0.05) is 18.3 Å². The zero-order valence-corrected chi connectivity index (χ0v) is 12.3. The second-order valence-electron chi connectivity index (χ2n) is 5.63. The Bertz CT molecular complexity index is 520. The molecular formula is C15H20FN3S. The second kappa shape index (κ2) is 5.66. The summed E-state index contributed by atoms with van der Waals surface area (Å²) in [7, 11) is 0. The maximum Gasteiger partial charge on any atom is 0.135 e. The molecule has 108 valence electrons. The van der Waals surface area contributed by atoms with Gasteiger partial charge in [-0.05, 0) is 37.9 Å². The van der Waals surface area contributed by atoms with Crippen LogP contribution in [-0.4, -0.2) is 42.1 Å². The minimum absolute atomic E-state index is 0.144. The highest BCUT2D eigenvalue weighted by Gasteiger charge is 2.30. The lowest BCUT2D eigenvalue weighted by Gasteiger charge is -2.29. The van der Waals surface area contributed by atoms with Crippen LogP contribution in [0.2, 0.25) is 0 Å². The first-order valence-corrected chi connectivity index (χ1v) is 7.65. The monoisotopic (exact) mass is 293 g/mol. The fourth-order valence-corrected chi connectivity index (χ4v) is 3.65. The molecule has 2 N–H and O–H groups in total. The van der Waals surface area contributed by atoms with Crippen molar-refractivity contribution in [3.63, 3.8) is 0 Å². The first-order valence-electron chi connectivity index (χ1n) is 7.24. The van der Waals surface area contributed by atoms with Gasteiger partial charge in [0.25, 0.3) is 0 Å². The molecular weight excluding hydrogens is 273 g/mol. The van der Waals surface area contributed by atoms with Crippen LogP contribution in [0.4, 0.5) is 10.1 Å². The van der Waals surface area contributed by atoms with Gasteiger partial charge in [-0.3, -0.25) is 4.90 Å².